The summed E-state index contributed by atoms with van der Waals surface area (Å²) in [5.41, 5.74) is 0.985. The van der Waals surface area contributed by atoms with E-state index in [-0.39, 0.29) is 12.0 Å². The van der Waals surface area contributed by atoms with Gasteiger partial charge < -0.3 is 5.11 Å². The summed E-state index contributed by atoms with van der Waals surface area (Å²) in [4.78, 5) is 4.37. The molecule has 1 unspecified atom stereocenters. The van der Waals surface area contributed by atoms with E-state index in [9.17, 15) is 5.11 Å². The number of aliphatic hydroxyl groups excluding tert-OH is 1. The molecule has 0 aliphatic heterocycles. The third kappa shape index (κ3) is 2.22. The molecule has 2 heteroatoms. The molecule has 16 heavy (non-hydrogen) atoms. The van der Waals surface area contributed by atoms with Crippen LogP contribution >= 0.6 is 0 Å². The van der Waals surface area contributed by atoms with Gasteiger partial charge in [0.1, 0.15) is 0 Å². The van der Waals surface area contributed by atoms with Crippen molar-refractivity contribution >= 4 is 10.8 Å². The van der Waals surface area contributed by atoms with Gasteiger partial charge in [-0.25, -0.2) is 0 Å². The molecule has 1 N–H and O–H groups in total. The first-order valence-corrected chi connectivity index (χ1v) is 5.69. The summed E-state index contributed by atoms with van der Waals surface area (Å²) < 4.78 is 0. The Morgan fingerprint density at radius 1 is 1.19 bits per heavy atom. The minimum absolute atomic E-state index is 0.265. The monoisotopic (exact) mass is 215 g/mol. The van der Waals surface area contributed by atoms with Gasteiger partial charge in [0.15, 0.2) is 0 Å². The minimum Gasteiger partial charge on any atom is -0.392 e. The average Bonchev–Trinajstić information content (AvgIpc) is 2.29. The van der Waals surface area contributed by atoms with E-state index in [0.29, 0.717) is 6.42 Å². The first kappa shape index (κ1) is 11.1. The molecule has 0 amide bonds. The van der Waals surface area contributed by atoms with E-state index in [2.05, 4.69) is 17.1 Å². The highest BCUT2D eigenvalue weighted by molar-refractivity contribution is 5.84. The highest BCUT2D eigenvalue weighted by atomic mass is 16.3. The van der Waals surface area contributed by atoms with Gasteiger partial charge in [-0.15, -0.1) is 0 Å². The molecule has 0 fully saturated rings. The highest BCUT2D eigenvalue weighted by Gasteiger charge is 2.12. The second-order valence-electron chi connectivity index (χ2n) is 4.49. The number of hydrogen-bond acceptors (Lipinski definition) is 2. The SMILES string of the molecule is CC(C)C(O)Cc1nccc2ccccc12. The van der Waals surface area contributed by atoms with Crippen LogP contribution in [0.2, 0.25) is 0 Å². The van der Waals surface area contributed by atoms with Crippen molar-refractivity contribution in [1.82, 2.24) is 4.98 Å². The summed E-state index contributed by atoms with van der Waals surface area (Å²) in [6.45, 7) is 4.05. The Kier molecular flexibility index (Phi) is 3.20. The smallest absolute Gasteiger partial charge is 0.0618 e. The van der Waals surface area contributed by atoms with Gasteiger partial charge in [-0.05, 0) is 17.4 Å². The van der Waals surface area contributed by atoms with Crippen molar-refractivity contribution in [2.24, 2.45) is 5.92 Å². The highest BCUT2D eigenvalue weighted by Crippen LogP contribution is 2.19. The number of pyridine rings is 1. The van der Waals surface area contributed by atoms with Gasteiger partial charge in [-0.2, -0.15) is 0 Å². The quantitative estimate of drug-likeness (QED) is 0.854. The van der Waals surface area contributed by atoms with Crippen molar-refractivity contribution in [2.45, 2.75) is 26.4 Å². The van der Waals surface area contributed by atoms with Crippen LogP contribution < -0.4 is 0 Å². The number of aliphatic hydroxyl groups is 1. The predicted molar refractivity (Wildman–Crippen MR) is 66.3 cm³/mol. The van der Waals surface area contributed by atoms with E-state index in [1.54, 1.807) is 0 Å². The van der Waals surface area contributed by atoms with E-state index in [4.69, 9.17) is 0 Å². The third-order valence-corrected chi connectivity index (χ3v) is 2.93. The molecular formula is C14H17NO. The summed E-state index contributed by atoms with van der Waals surface area (Å²) in [5.74, 6) is 0.265. The predicted octanol–water partition coefficient (Wildman–Crippen LogP) is 2.79. The Labute approximate surface area is 96.0 Å². The van der Waals surface area contributed by atoms with Crippen LogP contribution in [0.25, 0.3) is 10.8 Å². The molecule has 2 nitrogen and oxygen atoms in total. The van der Waals surface area contributed by atoms with Crippen LogP contribution in [-0.2, 0) is 6.42 Å². The summed E-state index contributed by atoms with van der Waals surface area (Å²) in [5, 5.41) is 12.2. The Bertz CT molecular complexity index is 474. The topological polar surface area (TPSA) is 33.1 Å². The van der Waals surface area contributed by atoms with E-state index >= 15 is 0 Å². The Balaban J connectivity index is 2.37. The van der Waals surface area contributed by atoms with Crippen LogP contribution in [0.1, 0.15) is 19.5 Å². The van der Waals surface area contributed by atoms with Crippen LogP contribution in [0.15, 0.2) is 36.5 Å². The number of hydrogen-bond donors (Lipinski definition) is 1. The Morgan fingerprint density at radius 2 is 1.94 bits per heavy atom. The van der Waals surface area contributed by atoms with Crippen LogP contribution in [-0.4, -0.2) is 16.2 Å². The van der Waals surface area contributed by atoms with Crippen LogP contribution in [0.5, 0.6) is 0 Å². The molecule has 0 saturated carbocycles. The number of nitrogens with zero attached hydrogens (tertiary/aromatic N) is 1. The molecule has 0 aliphatic rings. The molecule has 84 valence electrons. The van der Waals surface area contributed by atoms with Crippen molar-refractivity contribution in [3.05, 3.63) is 42.2 Å². The average molecular weight is 215 g/mol. The lowest BCUT2D eigenvalue weighted by Crippen LogP contribution is -2.18. The fourth-order valence-electron chi connectivity index (χ4n) is 1.78. The van der Waals surface area contributed by atoms with Crippen molar-refractivity contribution in [3.63, 3.8) is 0 Å². The number of aromatic nitrogens is 1. The number of fused-ring (bicyclic) bond motifs is 1. The Morgan fingerprint density at radius 3 is 2.69 bits per heavy atom. The van der Waals surface area contributed by atoms with Gasteiger partial charge in [0, 0.05) is 18.0 Å². The second kappa shape index (κ2) is 4.62. The molecule has 0 bridgehead atoms. The first-order chi connectivity index (χ1) is 7.68. The van der Waals surface area contributed by atoms with Crippen molar-refractivity contribution in [3.8, 4) is 0 Å². The van der Waals surface area contributed by atoms with Gasteiger partial charge >= 0.3 is 0 Å². The number of benzene rings is 1. The number of rotatable bonds is 3. The zero-order valence-electron chi connectivity index (χ0n) is 9.72. The first-order valence-electron chi connectivity index (χ1n) is 5.69. The Hall–Kier alpha value is -1.41. The minimum atomic E-state index is -0.321. The zero-order chi connectivity index (χ0) is 11.5. The van der Waals surface area contributed by atoms with Crippen molar-refractivity contribution < 1.29 is 5.11 Å². The van der Waals surface area contributed by atoms with Crippen LogP contribution in [0.3, 0.4) is 0 Å². The second-order valence-corrected chi connectivity index (χ2v) is 4.49. The summed E-state index contributed by atoms with van der Waals surface area (Å²) in [6, 6.07) is 10.2. The van der Waals surface area contributed by atoms with E-state index in [1.165, 1.54) is 5.39 Å². The van der Waals surface area contributed by atoms with Crippen LogP contribution in [0, 0.1) is 5.92 Å². The van der Waals surface area contributed by atoms with Gasteiger partial charge in [-0.1, -0.05) is 38.1 Å². The molecule has 0 radical (unpaired) electrons. The molecule has 2 rings (SSSR count). The van der Waals surface area contributed by atoms with Gasteiger partial charge in [0.2, 0.25) is 0 Å². The third-order valence-electron chi connectivity index (χ3n) is 2.93. The summed E-state index contributed by atoms with van der Waals surface area (Å²) >= 11 is 0. The maximum absolute atomic E-state index is 9.90. The molecule has 1 aromatic heterocycles. The van der Waals surface area contributed by atoms with Gasteiger partial charge in [-0.3, -0.25) is 4.98 Å². The molecule has 1 atom stereocenters. The van der Waals surface area contributed by atoms with Crippen molar-refractivity contribution in [2.75, 3.05) is 0 Å². The van der Waals surface area contributed by atoms with E-state index < -0.39 is 0 Å². The van der Waals surface area contributed by atoms with Crippen molar-refractivity contribution in [1.29, 1.82) is 0 Å². The lowest BCUT2D eigenvalue weighted by atomic mass is 9.99. The fraction of sp³-hybridized carbons (Fsp3) is 0.357. The molecule has 1 aromatic carbocycles. The van der Waals surface area contributed by atoms with Gasteiger partial charge in [0.25, 0.3) is 0 Å². The van der Waals surface area contributed by atoms with E-state index in [1.807, 2.05) is 38.2 Å². The summed E-state index contributed by atoms with van der Waals surface area (Å²) in [7, 11) is 0. The lowest BCUT2D eigenvalue weighted by Gasteiger charge is -2.14. The zero-order valence-corrected chi connectivity index (χ0v) is 9.72. The lowest BCUT2D eigenvalue weighted by molar-refractivity contribution is 0.125. The molecule has 0 spiro atoms. The maximum atomic E-state index is 9.90. The van der Waals surface area contributed by atoms with E-state index in [0.717, 1.165) is 11.1 Å². The molecule has 1 heterocycles. The molecule has 0 aliphatic carbocycles. The maximum Gasteiger partial charge on any atom is 0.0618 e. The molecule has 2 aromatic rings. The standard InChI is InChI=1S/C14H17NO/c1-10(2)14(16)9-13-12-6-4-3-5-11(12)7-8-15-13/h3-8,10,14,16H,9H2,1-2H3. The summed E-state index contributed by atoms with van der Waals surface area (Å²) in [6.07, 6.45) is 2.11. The molecular weight excluding hydrogens is 198 g/mol. The fourth-order valence-corrected chi connectivity index (χ4v) is 1.78. The largest absolute Gasteiger partial charge is 0.392 e. The van der Waals surface area contributed by atoms with Gasteiger partial charge in [0.05, 0.1) is 11.8 Å². The normalized spacial score (nSPS) is 13.2. The molecule has 0 saturated heterocycles. The van der Waals surface area contributed by atoms with Crippen LogP contribution in [0.4, 0.5) is 0 Å².